The average molecular weight is 196 g/mol. The summed E-state index contributed by atoms with van der Waals surface area (Å²) < 4.78 is 0. The van der Waals surface area contributed by atoms with E-state index in [0.717, 1.165) is 18.8 Å². The van der Waals surface area contributed by atoms with Gasteiger partial charge in [-0.25, -0.2) is 0 Å². The number of aliphatic carboxylic acids is 1. The first-order valence-corrected chi connectivity index (χ1v) is 5.78. The van der Waals surface area contributed by atoms with Crippen LogP contribution >= 0.6 is 0 Å². The molecule has 0 aromatic rings. The molecule has 0 aromatic heterocycles. The van der Waals surface area contributed by atoms with Crippen LogP contribution in [0.4, 0.5) is 0 Å². The second-order valence-electron chi connectivity index (χ2n) is 5.57. The lowest BCUT2D eigenvalue weighted by Gasteiger charge is -2.35. The molecular weight excluding hydrogens is 176 g/mol. The monoisotopic (exact) mass is 196 g/mol. The molecule has 0 aliphatic heterocycles. The highest BCUT2D eigenvalue weighted by atomic mass is 16.4. The van der Waals surface area contributed by atoms with Crippen molar-refractivity contribution in [1.82, 2.24) is 0 Å². The quantitative estimate of drug-likeness (QED) is 0.753. The molecule has 1 atom stereocenters. The van der Waals surface area contributed by atoms with Crippen LogP contribution < -0.4 is 0 Å². The molecule has 0 saturated heterocycles. The second-order valence-corrected chi connectivity index (χ2v) is 5.57. The maximum absolute atomic E-state index is 11.3. The molecule has 2 nitrogen and oxygen atoms in total. The van der Waals surface area contributed by atoms with Gasteiger partial charge in [0.2, 0.25) is 0 Å². The van der Waals surface area contributed by atoms with Crippen LogP contribution in [-0.4, -0.2) is 11.1 Å². The predicted octanol–water partition coefficient (Wildman–Crippen LogP) is 2.92. The minimum absolute atomic E-state index is 0.102. The fourth-order valence-corrected chi connectivity index (χ4v) is 3.93. The SMILES string of the molecule is CC(C)C(C(=O)O)C12CCC(CC1)C2. The standard InChI is InChI=1S/C12H20O2/c1-8(2)10(11(13)14)12-5-3-9(7-12)4-6-12/h8-10H,3-7H2,1-2H3,(H,13,14). The molecule has 14 heavy (non-hydrogen) atoms. The van der Waals surface area contributed by atoms with E-state index in [-0.39, 0.29) is 17.3 Å². The Hall–Kier alpha value is -0.530. The molecule has 0 aromatic carbocycles. The lowest BCUT2D eigenvalue weighted by atomic mass is 9.68. The largest absolute Gasteiger partial charge is 0.481 e. The third kappa shape index (κ3) is 1.35. The number of hydrogen-bond acceptors (Lipinski definition) is 1. The van der Waals surface area contributed by atoms with E-state index in [1.54, 1.807) is 0 Å². The molecule has 1 unspecified atom stereocenters. The van der Waals surface area contributed by atoms with Crippen LogP contribution in [-0.2, 0) is 4.79 Å². The smallest absolute Gasteiger partial charge is 0.307 e. The second kappa shape index (κ2) is 3.25. The van der Waals surface area contributed by atoms with Gasteiger partial charge < -0.3 is 5.11 Å². The van der Waals surface area contributed by atoms with E-state index in [1.807, 2.05) is 0 Å². The molecule has 0 amide bonds. The zero-order chi connectivity index (χ0) is 10.3. The predicted molar refractivity (Wildman–Crippen MR) is 55.0 cm³/mol. The van der Waals surface area contributed by atoms with Gasteiger partial charge in [0.15, 0.2) is 0 Å². The Labute approximate surface area is 85.7 Å². The van der Waals surface area contributed by atoms with Crippen LogP contribution in [0.5, 0.6) is 0 Å². The lowest BCUT2D eigenvalue weighted by Crippen LogP contribution is -2.36. The highest BCUT2D eigenvalue weighted by Crippen LogP contribution is 2.59. The summed E-state index contributed by atoms with van der Waals surface area (Å²) in [7, 11) is 0. The van der Waals surface area contributed by atoms with Crippen molar-refractivity contribution in [3.8, 4) is 0 Å². The molecule has 2 aliphatic rings. The summed E-state index contributed by atoms with van der Waals surface area (Å²) >= 11 is 0. The van der Waals surface area contributed by atoms with Gasteiger partial charge in [0, 0.05) is 0 Å². The van der Waals surface area contributed by atoms with E-state index in [4.69, 9.17) is 0 Å². The normalized spacial score (nSPS) is 37.8. The van der Waals surface area contributed by atoms with Crippen LogP contribution in [0.15, 0.2) is 0 Å². The van der Waals surface area contributed by atoms with Crippen LogP contribution in [0.25, 0.3) is 0 Å². The molecule has 2 heteroatoms. The first-order valence-electron chi connectivity index (χ1n) is 5.78. The maximum Gasteiger partial charge on any atom is 0.307 e. The molecule has 2 bridgehead atoms. The van der Waals surface area contributed by atoms with Crippen molar-refractivity contribution in [3.05, 3.63) is 0 Å². The number of rotatable bonds is 3. The summed E-state index contributed by atoms with van der Waals surface area (Å²) in [5.41, 5.74) is 0.171. The Morgan fingerprint density at radius 1 is 1.36 bits per heavy atom. The minimum Gasteiger partial charge on any atom is -0.481 e. The molecule has 2 fully saturated rings. The first-order chi connectivity index (χ1) is 6.55. The Kier molecular flexibility index (Phi) is 2.32. The van der Waals surface area contributed by atoms with Crippen molar-refractivity contribution >= 4 is 5.97 Å². The Balaban J connectivity index is 2.22. The van der Waals surface area contributed by atoms with Gasteiger partial charge in [0.25, 0.3) is 0 Å². The van der Waals surface area contributed by atoms with Crippen LogP contribution in [0.2, 0.25) is 0 Å². The van der Waals surface area contributed by atoms with E-state index in [1.165, 1.54) is 19.3 Å². The fraction of sp³-hybridized carbons (Fsp3) is 0.917. The van der Waals surface area contributed by atoms with Gasteiger partial charge in [-0.1, -0.05) is 13.8 Å². The molecular formula is C12H20O2. The highest BCUT2D eigenvalue weighted by Gasteiger charge is 2.52. The Morgan fingerprint density at radius 3 is 2.21 bits per heavy atom. The highest BCUT2D eigenvalue weighted by molar-refractivity contribution is 5.71. The Morgan fingerprint density at radius 2 is 1.93 bits per heavy atom. The topological polar surface area (TPSA) is 37.3 Å². The zero-order valence-corrected chi connectivity index (χ0v) is 9.12. The summed E-state index contributed by atoms with van der Waals surface area (Å²) in [6.07, 6.45) is 6.05. The maximum atomic E-state index is 11.3. The van der Waals surface area contributed by atoms with Gasteiger partial charge in [0.05, 0.1) is 5.92 Å². The van der Waals surface area contributed by atoms with Crippen LogP contribution in [0.1, 0.15) is 46.0 Å². The molecule has 2 saturated carbocycles. The molecule has 0 heterocycles. The van der Waals surface area contributed by atoms with Gasteiger partial charge in [-0.2, -0.15) is 0 Å². The molecule has 0 radical (unpaired) electrons. The molecule has 0 spiro atoms. The number of hydrogen-bond donors (Lipinski definition) is 1. The first kappa shape index (κ1) is 10.0. The van der Waals surface area contributed by atoms with Crippen molar-refractivity contribution in [2.24, 2.45) is 23.2 Å². The van der Waals surface area contributed by atoms with Crippen LogP contribution in [0, 0.1) is 23.2 Å². The average Bonchev–Trinajstić information content (AvgIpc) is 2.61. The summed E-state index contributed by atoms with van der Waals surface area (Å²) in [5, 5.41) is 9.32. The van der Waals surface area contributed by atoms with Gasteiger partial charge in [-0.15, -0.1) is 0 Å². The van der Waals surface area contributed by atoms with Crippen molar-refractivity contribution in [1.29, 1.82) is 0 Å². The third-order valence-corrected chi connectivity index (χ3v) is 4.39. The van der Waals surface area contributed by atoms with E-state index < -0.39 is 5.97 Å². The van der Waals surface area contributed by atoms with Gasteiger partial charge in [-0.3, -0.25) is 4.79 Å². The van der Waals surface area contributed by atoms with Gasteiger partial charge in [0.1, 0.15) is 0 Å². The zero-order valence-electron chi connectivity index (χ0n) is 9.12. The molecule has 1 N–H and O–H groups in total. The molecule has 80 valence electrons. The molecule has 2 rings (SSSR count). The minimum atomic E-state index is -0.567. The van der Waals surface area contributed by atoms with Crippen molar-refractivity contribution in [3.63, 3.8) is 0 Å². The number of carbonyl (C=O) groups is 1. The van der Waals surface area contributed by atoms with E-state index >= 15 is 0 Å². The number of carboxylic acid groups (broad SMARTS) is 1. The lowest BCUT2D eigenvalue weighted by molar-refractivity contribution is -0.149. The summed E-state index contributed by atoms with van der Waals surface area (Å²) in [6, 6.07) is 0. The fourth-order valence-electron chi connectivity index (χ4n) is 3.93. The number of carboxylic acids is 1. The van der Waals surface area contributed by atoms with E-state index in [0.29, 0.717) is 0 Å². The summed E-state index contributed by atoms with van der Waals surface area (Å²) in [4.78, 5) is 11.3. The Bertz CT molecular complexity index is 237. The van der Waals surface area contributed by atoms with Crippen molar-refractivity contribution in [2.45, 2.75) is 46.0 Å². The van der Waals surface area contributed by atoms with Crippen molar-refractivity contribution < 1.29 is 9.90 Å². The van der Waals surface area contributed by atoms with E-state index in [9.17, 15) is 9.90 Å². The van der Waals surface area contributed by atoms with Gasteiger partial charge in [-0.05, 0) is 49.4 Å². The molecule has 2 aliphatic carbocycles. The van der Waals surface area contributed by atoms with E-state index in [2.05, 4.69) is 13.8 Å². The third-order valence-electron chi connectivity index (χ3n) is 4.39. The van der Waals surface area contributed by atoms with Crippen molar-refractivity contribution in [2.75, 3.05) is 0 Å². The summed E-state index contributed by atoms with van der Waals surface area (Å²) in [5.74, 6) is 0.456. The summed E-state index contributed by atoms with van der Waals surface area (Å²) in [6.45, 7) is 4.11. The van der Waals surface area contributed by atoms with Crippen LogP contribution in [0.3, 0.4) is 0 Å². The number of fused-ring (bicyclic) bond motifs is 2. The van der Waals surface area contributed by atoms with Gasteiger partial charge >= 0.3 is 5.97 Å².